The molecule has 4 nitrogen and oxygen atoms in total. The molecule has 0 atom stereocenters. The van der Waals surface area contributed by atoms with Crippen molar-refractivity contribution in [2.24, 2.45) is 0 Å². The summed E-state index contributed by atoms with van der Waals surface area (Å²) in [5.41, 5.74) is 4.24. The van der Waals surface area contributed by atoms with Gasteiger partial charge in [0.15, 0.2) is 0 Å². The lowest BCUT2D eigenvalue weighted by atomic mass is 9.87. The smallest absolute Gasteiger partial charge is 0.274 e. The average Bonchev–Trinajstić information content (AvgIpc) is 2.33. The number of benzene rings is 1. The lowest BCUT2D eigenvalue weighted by Gasteiger charge is -2.19. The van der Waals surface area contributed by atoms with Gasteiger partial charge in [-0.1, -0.05) is 32.9 Å². The molecule has 0 fully saturated rings. The highest BCUT2D eigenvalue weighted by molar-refractivity contribution is 5.93. The molecule has 18 heavy (non-hydrogen) atoms. The highest BCUT2D eigenvalue weighted by atomic mass is 16.7. The second-order valence-corrected chi connectivity index (χ2v) is 5.10. The molecule has 1 aromatic carbocycles. The van der Waals surface area contributed by atoms with E-state index in [-0.39, 0.29) is 11.3 Å². The van der Waals surface area contributed by atoms with E-state index in [1.807, 2.05) is 12.1 Å². The molecule has 0 spiro atoms. The van der Waals surface area contributed by atoms with Gasteiger partial charge in [0.2, 0.25) is 0 Å². The average molecular weight is 251 g/mol. The lowest BCUT2D eigenvalue weighted by Crippen LogP contribution is -2.25. The highest BCUT2D eigenvalue weighted by Gasteiger charge is 2.14. The van der Waals surface area contributed by atoms with Crippen molar-refractivity contribution in [3.8, 4) is 0 Å². The summed E-state index contributed by atoms with van der Waals surface area (Å²) in [4.78, 5) is 16.7. The summed E-state index contributed by atoms with van der Waals surface area (Å²) in [6, 6.07) is 7.53. The summed E-state index contributed by atoms with van der Waals surface area (Å²) in [5.74, 6) is -0.244. The molecule has 100 valence electrons. The number of nitrogens with one attached hydrogen (secondary N) is 1. The number of carbonyl (C=O) groups excluding carboxylic acids is 1. The van der Waals surface area contributed by atoms with E-state index in [1.165, 1.54) is 5.56 Å². The van der Waals surface area contributed by atoms with Crippen molar-refractivity contribution in [3.63, 3.8) is 0 Å². The van der Waals surface area contributed by atoms with Gasteiger partial charge in [0.05, 0.1) is 13.2 Å². The third-order valence-electron chi connectivity index (χ3n) is 2.57. The molecule has 0 bridgehead atoms. The van der Waals surface area contributed by atoms with Crippen LogP contribution in [0.2, 0.25) is 0 Å². The molecule has 1 N–H and O–H groups in total. The molecule has 0 saturated carbocycles. The summed E-state index contributed by atoms with van der Waals surface area (Å²) in [6.07, 6.45) is 0. The quantitative estimate of drug-likeness (QED) is 0.645. The minimum atomic E-state index is -0.244. The van der Waals surface area contributed by atoms with Crippen molar-refractivity contribution < 1.29 is 14.4 Å². The number of rotatable bonds is 5. The Bertz CT molecular complexity index is 379. The number of ether oxygens (including phenoxy) is 1. The topological polar surface area (TPSA) is 47.6 Å². The first-order valence-corrected chi connectivity index (χ1v) is 5.97. The van der Waals surface area contributed by atoms with Crippen LogP contribution in [0.25, 0.3) is 0 Å². The van der Waals surface area contributed by atoms with Gasteiger partial charge in [0.1, 0.15) is 0 Å². The highest BCUT2D eigenvalue weighted by Crippen LogP contribution is 2.22. The zero-order valence-electron chi connectivity index (χ0n) is 11.4. The molecule has 0 unspecified atom stereocenters. The summed E-state index contributed by atoms with van der Waals surface area (Å²) < 4.78 is 4.81. The van der Waals surface area contributed by atoms with Crippen LogP contribution < -0.4 is 5.48 Å². The van der Waals surface area contributed by atoms with Crippen LogP contribution in [-0.4, -0.2) is 26.2 Å². The van der Waals surface area contributed by atoms with Crippen LogP contribution in [0.4, 0.5) is 0 Å². The first kappa shape index (κ1) is 14.7. The molecule has 1 rings (SSSR count). The van der Waals surface area contributed by atoms with E-state index in [0.717, 1.165) is 0 Å². The number of hydroxylamine groups is 1. The van der Waals surface area contributed by atoms with Crippen molar-refractivity contribution in [2.45, 2.75) is 26.2 Å². The predicted molar refractivity (Wildman–Crippen MR) is 70.4 cm³/mol. The van der Waals surface area contributed by atoms with E-state index in [2.05, 4.69) is 26.3 Å². The van der Waals surface area contributed by atoms with Crippen LogP contribution in [0, 0.1) is 0 Å². The molecule has 0 radical (unpaired) electrons. The van der Waals surface area contributed by atoms with Crippen molar-refractivity contribution in [1.82, 2.24) is 5.48 Å². The number of hydrogen-bond acceptors (Lipinski definition) is 3. The molecule has 0 aromatic heterocycles. The summed E-state index contributed by atoms with van der Waals surface area (Å²) in [5, 5.41) is 0. The Balaban J connectivity index is 2.54. The normalized spacial score (nSPS) is 11.3. The molecule has 0 aliphatic rings. The third-order valence-corrected chi connectivity index (χ3v) is 2.57. The monoisotopic (exact) mass is 251 g/mol. The van der Waals surface area contributed by atoms with Crippen LogP contribution >= 0.6 is 0 Å². The van der Waals surface area contributed by atoms with Gasteiger partial charge in [-0.25, -0.2) is 5.48 Å². The van der Waals surface area contributed by atoms with E-state index in [4.69, 9.17) is 9.57 Å². The number of carbonyl (C=O) groups is 1. The van der Waals surface area contributed by atoms with E-state index >= 15 is 0 Å². The SMILES string of the molecule is COCCONC(=O)c1ccc(C(C)(C)C)cc1. The Hall–Kier alpha value is -1.39. The number of hydrogen-bond donors (Lipinski definition) is 1. The molecule has 0 heterocycles. The summed E-state index contributed by atoms with van der Waals surface area (Å²) >= 11 is 0. The summed E-state index contributed by atoms with van der Waals surface area (Å²) in [6.45, 7) is 7.19. The van der Waals surface area contributed by atoms with Crippen LogP contribution in [0.15, 0.2) is 24.3 Å². The minimum Gasteiger partial charge on any atom is -0.382 e. The maximum atomic E-state index is 11.7. The Labute approximate surface area is 108 Å². The molecular weight excluding hydrogens is 230 g/mol. The van der Waals surface area contributed by atoms with Gasteiger partial charge >= 0.3 is 0 Å². The zero-order chi connectivity index (χ0) is 13.6. The minimum absolute atomic E-state index is 0.0873. The van der Waals surface area contributed by atoms with Crippen LogP contribution in [0.3, 0.4) is 0 Å². The molecule has 0 aliphatic heterocycles. The second kappa shape index (κ2) is 6.52. The molecule has 4 heteroatoms. The lowest BCUT2D eigenvalue weighted by molar-refractivity contribution is 0.00888. The van der Waals surface area contributed by atoms with Crippen molar-refractivity contribution >= 4 is 5.91 Å². The first-order valence-electron chi connectivity index (χ1n) is 5.97. The van der Waals surface area contributed by atoms with Gasteiger partial charge in [0.25, 0.3) is 5.91 Å². The maximum absolute atomic E-state index is 11.7. The van der Waals surface area contributed by atoms with Gasteiger partial charge in [0, 0.05) is 12.7 Å². The fourth-order valence-corrected chi connectivity index (χ4v) is 1.42. The van der Waals surface area contributed by atoms with E-state index in [9.17, 15) is 4.79 Å². The van der Waals surface area contributed by atoms with Gasteiger partial charge < -0.3 is 4.74 Å². The first-order chi connectivity index (χ1) is 8.45. The van der Waals surface area contributed by atoms with Crippen molar-refractivity contribution in [2.75, 3.05) is 20.3 Å². The van der Waals surface area contributed by atoms with Gasteiger partial charge in [-0.05, 0) is 23.1 Å². The Morgan fingerprint density at radius 2 is 1.78 bits per heavy atom. The second-order valence-electron chi connectivity index (χ2n) is 5.10. The van der Waals surface area contributed by atoms with Crippen molar-refractivity contribution in [3.05, 3.63) is 35.4 Å². The molecule has 1 aromatic rings. The number of methoxy groups -OCH3 is 1. The molecular formula is C14H21NO3. The van der Waals surface area contributed by atoms with Gasteiger partial charge in [-0.2, -0.15) is 0 Å². The maximum Gasteiger partial charge on any atom is 0.274 e. The fraction of sp³-hybridized carbons (Fsp3) is 0.500. The number of amides is 1. The van der Waals surface area contributed by atoms with Gasteiger partial charge in [-0.3, -0.25) is 9.63 Å². The Kier molecular flexibility index (Phi) is 5.31. The zero-order valence-corrected chi connectivity index (χ0v) is 11.4. The standard InChI is InChI=1S/C14H21NO3/c1-14(2,3)12-7-5-11(6-8-12)13(16)15-18-10-9-17-4/h5-8H,9-10H2,1-4H3,(H,15,16). The fourth-order valence-electron chi connectivity index (χ4n) is 1.42. The van der Waals surface area contributed by atoms with Crippen LogP contribution in [0.1, 0.15) is 36.7 Å². The van der Waals surface area contributed by atoms with Crippen LogP contribution in [-0.2, 0) is 15.0 Å². The van der Waals surface area contributed by atoms with E-state index < -0.39 is 0 Å². The molecule has 0 aliphatic carbocycles. The van der Waals surface area contributed by atoms with E-state index in [0.29, 0.717) is 18.8 Å². The third kappa shape index (κ3) is 4.47. The predicted octanol–water partition coefficient (Wildman–Crippen LogP) is 2.29. The largest absolute Gasteiger partial charge is 0.382 e. The molecule has 0 saturated heterocycles. The Morgan fingerprint density at radius 1 is 1.17 bits per heavy atom. The summed E-state index contributed by atoms with van der Waals surface area (Å²) in [7, 11) is 1.58. The molecule has 1 amide bonds. The Morgan fingerprint density at radius 3 is 2.28 bits per heavy atom. The van der Waals surface area contributed by atoms with Crippen molar-refractivity contribution in [1.29, 1.82) is 0 Å². The van der Waals surface area contributed by atoms with E-state index in [1.54, 1.807) is 19.2 Å². The van der Waals surface area contributed by atoms with Crippen LogP contribution in [0.5, 0.6) is 0 Å². The van der Waals surface area contributed by atoms with Gasteiger partial charge in [-0.15, -0.1) is 0 Å².